The fourth-order valence-corrected chi connectivity index (χ4v) is 2.18. The van der Waals surface area contributed by atoms with Gasteiger partial charge in [-0.3, -0.25) is 0 Å². The lowest BCUT2D eigenvalue weighted by Gasteiger charge is -2.00. The van der Waals surface area contributed by atoms with Gasteiger partial charge in [-0.25, -0.2) is 9.97 Å². The standard InChI is InChI=1S/C18H17BrN4O2/c1-13(22-24-3)16-9-4-7-15(20-16)8-6-12-25-23-14(2)17-10-5-11-18(19)21-17/h4-5,7,9-11H,12H2,1-3H3. The zero-order valence-corrected chi connectivity index (χ0v) is 15.7. The van der Waals surface area contributed by atoms with E-state index in [1.54, 1.807) is 0 Å². The summed E-state index contributed by atoms with van der Waals surface area (Å²) in [5.74, 6) is 5.81. The summed E-state index contributed by atoms with van der Waals surface area (Å²) < 4.78 is 0.748. The van der Waals surface area contributed by atoms with E-state index in [0.717, 1.165) is 10.3 Å². The molecule has 0 unspecified atom stereocenters. The summed E-state index contributed by atoms with van der Waals surface area (Å²) >= 11 is 3.32. The van der Waals surface area contributed by atoms with E-state index in [1.807, 2.05) is 50.2 Å². The van der Waals surface area contributed by atoms with E-state index in [2.05, 4.69) is 48.1 Å². The van der Waals surface area contributed by atoms with Crippen LogP contribution in [0.2, 0.25) is 0 Å². The third kappa shape index (κ3) is 6.01. The highest BCUT2D eigenvalue weighted by Crippen LogP contribution is 2.07. The van der Waals surface area contributed by atoms with E-state index in [-0.39, 0.29) is 6.61 Å². The Morgan fingerprint density at radius 1 is 1.04 bits per heavy atom. The number of rotatable bonds is 5. The molecule has 0 amide bonds. The minimum absolute atomic E-state index is 0.155. The van der Waals surface area contributed by atoms with Crippen LogP contribution in [0.3, 0.4) is 0 Å². The maximum atomic E-state index is 5.22. The monoisotopic (exact) mass is 400 g/mol. The molecule has 0 aromatic carbocycles. The molecule has 0 aliphatic rings. The van der Waals surface area contributed by atoms with Crippen LogP contribution in [0.4, 0.5) is 0 Å². The molecular weight excluding hydrogens is 384 g/mol. The quantitative estimate of drug-likeness (QED) is 0.253. The van der Waals surface area contributed by atoms with Crippen LogP contribution in [0, 0.1) is 11.8 Å². The van der Waals surface area contributed by atoms with E-state index < -0.39 is 0 Å². The average molecular weight is 401 g/mol. The molecule has 0 aliphatic carbocycles. The van der Waals surface area contributed by atoms with Crippen molar-refractivity contribution in [1.82, 2.24) is 9.97 Å². The molecule has 0 saturated heterocycles. The van der Waals surface area contributed by atoms with Gasteiger partial charge in [0, 0.05) is 0 Å². The lowest BCUT2D eigenvalue weighted by atomic mass is 10.2. The van der Waals surface area contributed by atoms with E-state index in [4.69, 9.17) is 9.68 Å². The van der Waals surface area contributed by atoms with Gasteiger partial charge in [-0.2, -0.15) is 0 Å². The van der Waals surface area contributed by atoms with E-state index in [0.29, 0.717) is 22.8 Å². The van der Waals surface area contributed by atoms with Gasteiger partial charge in [0.05, 0.1) is 11.4 Å². The fourth-order valence-electron chi connectivity index (χ4n) is 1.83. The Morgan fingerprint density at radius 2 is 1.72 bits per heavy atom. The van der Waals surface area contributed by atoms with Gasteiger partial charge in [0.1, 0.15) is 28.8 Å². The largest absolute Gasteiger partial charge is 0.399 e. The summed E-state index contributed by atoms with van der Waals surface area (Å²) in [6.07, 6.45) is 0. The second-order valence-electron chi connectivity index (χ2n) is 4.86. The van der Waals surface area contributed by atoms with Gasteiger partial charge < -0.3 is 9.68 Å². The van der Waals surface area contributed by atoms with Crippen LogP contribution in [0.25, 0.3) is 0 Å². The summed E-state index contributed by atoms with van der Waals surface area (Å²) in [6, 6.07) is 11.1. The predicted octanol–water partition coefficient (Wildman–Crippen LogP) is 3.40. The molecule has 0 radical (unpaired) electrons. The topological polar surface area (TPSA) is 69.0 Å². The van der Waals surface area contributed by atoms with Crippen LogP contribution in [-0.4, -0.2) is 35.1 Å². The molecular formula is C18H17BrN4O2. The lowest BCUT2D eigenvalue weighted by Crippen LogP contribution is -2.01. The first-order valence-corrected chi connectivity index (χ1v) is 8.23. The van der Waals surface area contributed by atoms with E-state index in [9.17, 15) is 0 Å². The molecule has 0 atom stereocenters. The highest BCUT2D eigenvalue weighted by Gasteiger charge is 2.01. The summed E-state index contributed by atoms with van der Waals surface area (Å²) in [5, 5.41) is 7.87. The third-order valence-corrected chi connectivity index (χ3v) is 3.43. The van der Waals surface area contributed by atoms with Crippen molar-refractivity contribution >= 4 is 27.4 Å². The van der Waals surface area contributed by atoms with Gasteiger partial charge in [-0.1, -0.05) is 28.4 Å². The molecule has 128 valence electrons. The Labute approximate surface area is 155 Å². The number of pyridine rings is 2. The highest BCUT2D eigenvalue weighted by molar-refractivity contribution is 9.10. The van der Waals surface area contributed by atoms with Crippen molar-refractivity contribution in [3.8, 4) is 11.8 Å². The SMILES string of the molecule is CON=C(C)c1cccc(C#CCON=C(C)c2cccc(Br)n2)n1. The zero-order chi connectivity index (χ0) is 18.1. The minimum Gasteiger partial charge on any atom is -0.399 e. The average Bonchev–Trinajstić information content (AvgIpc) is 2.61. The van der Waals surface area contributed by atoms with E-state index >= 15 is 0 Å². The molecule has 2 aromatic rings. The molecule has 6 nitrogen and oxygen atoms in total. The first kappa shape index (κ1) is 18.6. The Balaban J connectivity index is 1.96. The predicted molar refractivity (Wildman–Crippen MR) is 100 cm³/mol. The molecule has 0 fully saturated rings. The Hall–Kier alpha value is -2.72. The highest BCUT2D eigenvalue weighted by atomic mass is 79.9. The van der Waals surface area contributed by atoms with Crippen molar-refractivity contribution in [2.45, 2.75) is 13.8 Å². The zero-order valence-electron chi connectivity index (χ0n) is 14.2. The van der Waals surface area contributed by atoms with Crippen LogP contribution in [0.15, 0.2) is 51.3 Å². The minimum atomic E-state index is 0.155. The Morgan fingerprint density at radius 3 is 2.44 bits per heavy atom. The van der Waals surface area contributed by atoms with Crippen LogP contribution in [0.5, 0.6) is 0 Å². The summed E-state index contributed by atoms with van der Waals surface area (Å²) in [7, 11) is 1.50. The van der Waals surface area contributed by atoms with Crippen LogP contribution >= 0.6 is 15.9 Å². The summed E-state index contributed by atoms with van der Waals surface area (Å²) in [4.78, 5) is 18.7. The first-order chi connectivity index (χ1) is 12.1. The summed E-state index contributed by atoms with van der Waals surface area (Å²) in [6.45, 7) is 3.80. The van der Waals surface area contributed by atoms with Crippen molar-refractivity contribution in [3.05, 3.63) is 58.1 Å². The number of hydrogen-bond acceptors (Lipinski definition) is 6. The molecule has 0 N–H and O–H groups in total. The molecule has 2 rings (SSSR count). The molecule has 25 heavy (non-hydrogen) atoms. The van der Waals surface area contributed by atoms with Crippen molar-refractivity contribution in [3.63, 3.8) is 0 Å². The maximum Gasteiger partial charge on any atom is 0.177 e. The molecule has 0 saturated carbocycles. The number of oxime groups is 2. The number of aromatic nitrogens is 2. The number of hydrogen-bond donors (Lipinski definition) is 0. The second-order valence-corrected chi connectivity index (χ2v) is 5.68. The maximum absolute atomic E-state index is 5.22. The van der Waals surface area contributed by atoms with Crippen molar-refractivity contribution < 1.29 is 9.68 Å². The second kappa shape index (κ2) is 9.55. The number of halogens is 1. The Bertz CT molecular complexity index is 853. The van der Waals surface area contributed by atoms with Crippen molar-refractivity contribution in [1.29, 1.82) is 0 Å². The van der Waals surface area contributed by atoms with Gasteiger partial charge in [0.15, 0.2) is 6.61 Å². The summed E-state index contributed by atoms with van der Waals surface area (Å²) in [5.41, 5.74) is 3.44. The van der Waals surface area contributed by atoms with Crippen LogP contribution in [0.1, 0.15) is 30.9 Å². The molecule has 2 heterocycles. The molecule has 2 aromatic heterocycles. The molecule has 0 spiro atoms. The van der Waals surface area contributed by atoms with Crippen LogP contribution in [-0.2, 0) is 9.68 Å². The van der Waals surface area contributed by atoms with Gasteiger partial charge in [0.2, 0.25) is 0 Å². The molecule has 0 aliphatic heterocycles. The lowest BCUT2D eigenvalue weighted by molar-refractivity contribution is 0.179. The fraction of sp³-hybridized carbons (Fsp3) is 0.222. The molecule has 0 bridgehead atoms. The Kier molecular flexibility index (Phi) is 7.11. The third-order valence-electron chi connectivity index (χ3n) is 2.99. The van der Waals surface area contributed by atoms with Gasteiger partial charge in [0.25, 0.3) is 0 Å². The van der Waals surface area contributed by atoms with E-state index in [1.165, 1.54) is 7.11 Å². The van der Waals surface area contributed by atoms with Crippen LogP contribution < -0.4 is 0 Å². The van der Waals surface area contributed by atoms with Crippen molar-refractivity contribution in [2.24, 2.45) is 10.3 Å². The normalized spacial score (nSPS) is 11.5. The van der Waals surface area contributed by atoms with Gasteiger partial charge >= 0.3 is 0 Å². The van der Waals surface area contributed by atoms with Gasteiger partial charge in [-0.05, 0) is 60.0 Å². The van der Waals surface area contributed by atoms with Gasteiger partial charge in [-0.15, -0.1) is 0 Å². The molecule has 7 heteroatoms. The smallest absolute Gasteiger partial charge is 0.177 e. The first-order valence-electron chi connectivity index (χ1n) is 7.43. The number of nitrogens with zero attached hydrogens (tertiary/aromatic N) is 4. The van der Waals surface area contributed by atoms with Crippen molar-refractivity contribution in [2.75, 3.05) is 13.7 Å².